The number of pyridine rings is 1. The van der Waals surface area contributed by atoms with Crippen LogP contribution in [0.2, 0.25) is 5.02 Å². The van der Waals surface area contributed by atoms with Crippen molar-refractivity contribution in [2.24, 2.45) is 7.05 Å². The highest BCUT2D eigenvalue weighted by Gasteiger charge is 2.33. The average molecular weight is 457 g/mol. The number of aromatic nitrogens is 1. The second kappa shape index (κ2) is 9.34. The summed E-state index contributed by atoms with van der Waals surface area (Å²) in [4.78, 5) is 26.1. The van der Waals surface area contributed by atoms with E-state index in [-0.39, 0.29) is 35.4 Å². The first-order valence-electron chi connectivity index (χ1n) is 10.0. The van der Waals surface area contributed by atoms with Crippen LogP contribution in [0, 0.1) is 6.92 Å². The van der Waals surface area contributed by atoms with Crippen molar-refractivity contribution in [3.8, 4) is 5.75 Å². The summed E-state index contributed by atoms with van der Waals surface area (Å²) in [6, 6.07) is 6.98. The van der Waals surface area contributed by atoms with Crippen molar-refractivity contribution in [3.63, 3.8) is 0 Å². The van der Waals surface area contributed by atoms with Crippen molar-refractivity contribution in [1.29, 1.82) is 0 Å². The molecule has 2 aromatic rings. The fraction of sp³-hybridized carbons (Fsp3) is 0.455. The number of hydrogen-bond acceptors (Lipinski definition) is 3. The van der Waals surface area contributed by atoms with Crippen LogP contribution in [0.4, 0.5) is 13.2 Å². The molecule has 1 aliphatic heterocycles. The number of hydrogen-bond donors (Lipinski definition) is 0. The van der Waals surface area contributed by atoms with Gasteiger partial charge in [0.2, 0.25) is 5.91 Å². The number of halogens is 4. The van der Waals surface area contributed by atoms with Crippen molar-refractivity contribution in [2.45, 2.75) is 44.9 Å². The molecule has 1 amide bonds. The van der Waals surface area contributed by atoms with Crippen molar-refractivity contribution < 1.29 is 22.7 Å². The van der Waals surface area contributed by atoms with E-state index in [1.165, 1.54) is 22.8 Å². The third-order valence-electron chi connectivity index (χ3n) is 5.54. The first-order chi connectivity index (χ1) is 14.5. The van der Waals surface area contributed by atoms with Crippen LogP contribution in [0.1, 0.15) is 36.1 Å². The van der Waals surface area contributed by atoms with Crippen molar-refractivity contribution in [1.82, 2.24) is 9.47 Å². The van der Waals surface area contributed by atoms with Gasteiger partial charge in [-0.25, -0.2) is 0 Å². The molecule has 0 radical (unpaired) electrons. The van der Waals surface area contributed by atoms with Crippen LogP contribution >= 0.6 is 11.6 Å². The zero-order valence-electron chi connectivity index (χ0n) is 17.3. The molecule has 0 atom stereocenters. The van der Waals surface area contributed by atoms with Gasteiger partial charge in [0.15, 0.2) is 0 Å². The van der Waals surface area contributed by atoms with Crippen LogP contribution in [0.15, 0.2) is 35.1 Å². The minimum absolute atomic E-state index is 0.0961. The summed E-state index contributed by atoms with van der Waals surface area (Å²) in [6.07, 6.45) is -3.04. The van der Waals surface area contributed by atoms with E-state index < -0.39 is 11.7 Å². The Morgan fingerprint density at radius 1 is 1.19 bits per heavy atom. The van der Waals surface area contributed by atoms with E-state index in [0.717, 1.165) is 11.8 Å². The smallest absolute Gasteiger partial charge is 0.417 e. The van der Waals surface area contributed by atoms with E-state index >= 15 is 0 Å². The summed E-state index contributed by atoms with van der Waals surface area (Å²) in [5.74, 6) is 0.417. The minimum atomic E-state index is -4.53. The van der Waals surface area contributed by atoms with Crippen LogP contribution in [-0.2, 0) is 24.4 Å². The number of amides is 1. The molecule has 168 valence electrons. The van der Waals surface area contributed by atoms with Crippen LogP contribution in [-0.4, -0.2) is 34.6 Å². The quantitative estimate of drug-likeness (QED) is 0.671. The molecule has 1 saturated heterocycles. The van der Waals surface area contributed by atoms with E-state index in [9.17, 15) is 22.8 Å². The van der Waals surface area contributed by atoms with Crippen LogP contribution < -0.4 is 10.3 Å². The number of aryl methyl sites for hydroxylation is 2. The number of alkyl halides is 3. The number of piperidine rings is 1. The standard InChI is InChI=1S/C22H24ClF3N2O3/c1-14-11-17(13-21(30)27(14)2)31-16-7-9-28(10-8-16)20(29)6-4-15-3-5-19(23)18(12-15)22(24,25)26/h3,5,11-13,16H,4,6-10H2,1-2H3. The summed E-state index contributed by atoms with van der Waals surface area (Å²) in [7, 11) is 1.69. The molecule has 5 nitrogen and oxygen atoms in total. The van der Waals surface area contributed by atoms with Gasteiger partial charge in [-0.1, -0.05) is 17.7 Å². The Bertz CT molecular complexity index is 1010. The molecule has 1 aromatic carbocycles. The number of benzene rings is 1. The lowest BCUT2D eigenvalue weighted by Crippen LogP contribution is -2.42. The summed E-state index contributed by atoms with van der Waals surface area (Å²) in [6.45, 7) is 2.83. The molecule has 31 heavy (non-hydrogen) atoms. The zero-order chi connectivity index (χ0) is 22.8. The van der Waals surface area contributed by atoms with Gasteiger partial charge < -0.3 is 14.2 Å². The van der Waals surface area contributed by atoms with E-state index in [1.54, 1.807) is 18.0 Å². The molecule has 1 aliphatic rings. The number of ether oxygens (including phenoxy) is 1. The maximum absolute atomic E-state index is 13.0. The summed E-state index contributed by atoms with van der Waals surface area (Å²) < 4.78 is 46.4. The number of rotatable bonds is 5. The number of carbonyl (C=O) groups excluding carboxylic acids is 1. The molecule has 1 fully saturated rings. The second-order valence-corrected chi connectivity index (χ2v) is 8.15. The molecule has 0 unspecified atom stereocenters. The minimum Gasteiger partial charge on any atom is -0.490 e. The van der Waals surface area contributed by atoms with Gasteiger partial charge in [-0.2, -0.15) is 13.2 Å². The monoisotopic (exact) mass is 456 g/mol. The highest BCUT2D eigenvalue weighted by Crippen LogP contribution is 2.35. The Balaban J connectivity index is 1.51. The molecule has 9 heteroatoms. The predicted octanol–water partition coefficient (Wildman–Crippen LogP) is 4.37. The Hall–Kier alpha value is -2.48. The lowest BCUT2D eigenvalue weighted by molar-refractivity contribution is -0.137. The summed E-state index contributed by atoms with van der Waals surface area (Å²) in [5.41, 5.74) is 0.192. The maximum atomic E-state index is 13.0. The lowest BCUT2D eigenvalue weighted by Gasteiger charge is -2.32. The molecule has 0 spiro atoms. The van der Waals surface area contributed by atoms with Crippen molar-refractivity contribution in [3.05, 3.63) is 62.5 Å². The normalized spacial score (nSPS) is 15.2. The molecule has 3 rings (SSSR count). The molecule has 0 bridgehead atoms. The Labute approximate surface area is 183 Å². The first-order valence-corrected chi connectivity index (χ1v) is 10.4. The van der Waals surface area contributed by atoms with Gasteiger partial charge in [0.05, 0.1) is 10.6 Å². The third-order valence-corrected chi connectivity index (χ3v) is 5.87. The maximum Gasteiger partial charge on any atom is 0.417 e. The van der Waals surface area contributed by atoms with Gasteiger partial charge >= 0.3 is 6.18 Å². The average Bonchev–Trinajstić information content (AvgIpc) is 2.71. The van der Waals surface area contributed by atoms with Gasteiger partial charge in [0, 0.05) is 51.2 Å². The first kappa shape index (κ1) is 23.2. The van der Waals surface area contributed by atoms with Crippen LogP contribution in [0.3, 0.4) is 0 Å². The topological polar surface area (TPSA) is 51.5 Å². The van der Waals surface area contributed by atoms with Crippen molar-refractivity contribution in [2.75, 3.05) is 13.1 Å². The Morgan fingerprint density at radius 2 is 1.87 bits per heavy atom. The van der Waals surface area contributed by atoms with Gasteiger partial charge in [0.25, 0.3) is 5.56 Å². The molecule has 2 heterocycles. The van der Waals surface area contributed by atoms with E-state index in [4.69, 9.17) is 16.3 Å². The SMILES string of the molecule is Cc1cc(OC2CCN(C(=O)CCc3ccc(Cl)c(C(F)(F)F)c3)CC2)cc(=O)n1C. The number of nitrogens with zero attached hydrogens (tertiary/aromatic N) is 2. The van der Waals surface area contributed by atoms with Crippen LogP contribution in [0.25, 0.3) is 0 Å². The highest BCUT2D eigenvalue weighted by atomic mass is 35.5. The molecule has 0 N–H and O–H groups in total. The summed E-state index contributed by atoms with van der Waals surface area (Å²) in [5, 5.41) is -0.351. The third kappa shape index (κ3) is 5.81. The second-order valence-electron chi connectivity index (χ2n) is 7.74. The van der Waals surface area contributed by atoms with Gasteiger partial charge in [-0.05, 0) is 37.1 Å². The molecule has 0 saturated carbocycles. The molecule has 1 aromatic heterocycles. The lowest BCUT2D eigenvalue weighted by atomic mass is 10.0. The molecule has 0 aliphatic carbocycles. The van der Waals surface area contributed by atoms with Gasteiger partial charge in [0.1, 0.15) is 11.9 Å². The number of likely N-dealkylation sites (tertiary alicyclic amines) is 1. The van der Waals surface area contributed by atoms with Gasteiger partial charge in [-0.3, -0.25) is 9.59 Å². The van der Waals surface area contributed by atoms with Crippen LogP contribution in [0.5, 0.6) is 5.75 Å². The molecular formula is C22H24ClF3N2O3. The van der Waals surface area contributed by atoms with Crippen molar-refractivity contribution >= 4 is 17.5 Å². The Kier molecular flexibility index (Phi) is 6.99. The van der Waals surface area contributed by atoms with E-state index in [0.29, 0.717) is 37.2 Å². The van der Waals surface area contributed by atoms with Gasteiger partial charge in [-0.15, -0.1) is 0 Å². The zero-order valence-corrected chi connectivity index (χ0v) is 18.1. The van der Waals surface area contributed by atoms with E-state index in [2.05, 4.69) is 0 Å². The Morgan fingerprint density at radius 3 is 2.48 bits per heavy atom. The summed E-state index contributed by atoms with van der Waals surface area (Å²) >= 11 is 5.64. The largest absolute Gasteiger partial charge is 0.490 e. The highest BCUT2D eigenvalue weighted by molar-refractivity contribution is 6.31. The van der Waals surface area contributed by atoms with E-state index in [1.807, 2.05) is 6.92 Å². The number of carbonyl (C=O) groups is 1. The fourth-order valence-electron chi connectivity index (χ4n) is 3.57. The fourth-order valence-corrected chi connectivity index (χ4v) is 3.80. The molecular weight excluding hydrogens is 433 g/mol. The predicted molar refractivity (Wildman–Crippen MR) is 111 cm³/mol.